The fourth-order valence-electron chi connectivity index (χ4n) is 3.56. The number of carbonyl (C=O) groups excluding carboxylic acids is 1. The standard InChI is InChI=1S/C19H27N3O6S2/c1-26-11-10-22-16-14(27-2)7-8-15(28-3)17(16)29-19(22)20-18(23)13-6-5-9-21(12-13)30(4,24)25/h7-8,13H,5-6,9-12H2,1-4H3. The lowest BCUT2D eigenvalue weighted by Crippen LogP contribution is -2.41. The molecular formula is C19H27N3O6S2. The number of carbonyl (C=O) groups is 1. The van der Waals surface area contributed by atoms with Gasteiger partial charge < -0.3 is 18.8 Å². The first-order valence-corrected chi connectivity index (χ1v) is 12.2. The van der Waals surface area contributed by atoms with Crippen molar-refractivity contribution in [1.82, 2.24) is 8.87 Å². The molecule has 11 heteroatoms. The zero-order valence-corrected chi connectivity index (χ0v) is 19.2. The van der Waals surface area contributed by atoms with E-state index in [9.17, 15) is 13.2 Å². The summed E-state index contributed by atoms with van der Waals surface area (Å²) >= 11 is 1.34. The van der Waals surface area contributed by atoms with Gasteiger partial charge in [-0.15, -0.1) is 0 Å². The predicted octanol–water partition coefficient (Wildman–Crippen LogP) is 1.47. The quantitative estimate of drug-likeness (QED) is 0.624. The Hall–Kier alpha value is -1.95. The summed E-state index contributed by atoms with van der Waals surface area (Å²) in [6.07, 6.45) is 2.42. The Bertz CT molecular complexity index is 1090. The van der Waals surface area contributed by atoms with Gasteiger partial charge in [0.15, 0.2) is 4.80 Å². The second kappa shape index (κ2) is 9.46. The molecule has 9 nitrogen and oxygen atoms in total. The van der Waals surface area contributed by atoms with Gasteiger partial charge in [-0.3, -0.25) is 4.79 Å². The molecule has 0 radical (unpaired) electrons. The first-order chi connectivity index (χ1) is 14.3. The molecule has 2 aromatic rings. The molecule has 1 aliphatic rings. The molecule has 1 unspecified atom stereocenters. The van der Waals surface area contributed by atoms with Gasteiger partial charge in [0.25, 0.3) is 5.91 Å². The summed E-state index contributed by atoms with van der Waals surface area (Å²) in [7, 11) is 1.45. The SMILES string of the molecule is COCCn1c(=NC(=O)C2CCCN(S(C)(=O)=O)C2)sc2c(OC)ccc(OC)c21. The summed E-state index contributed by atoms with van der Waals surface area (Å²) in [5, 5.41) is 0. The number of hydrogen-bond acceptors (Lipinski definition) is 7. The van der Waals surface area contributed by atoms with Gasteiger partial charge in [-0.05, 0) is 25.0 Å². The summed E-state index contributed by atoms with van der Waals surface area (Å²) in [6, 6.07) is 3.63. The van der Waals surface area contributed by atoms with Crippen LogP contribution in [0.3, 0.4) is 0 Å². The fourth-order valence-corrected chi connectivity index (χ4v) is 5.64. The van der Waals surface area contributed by atoms with E-state index < -0.39 is 15.9 Å². The van der Waals surface area contributed by atoms with E-state index in [4.69, 9.17) is 14.2 Å². The molecule has 1 atom stereocenters. The fraction of sp³-hybridized carbons (Fsp3) is 0.579. The summed E-state index contributed by atoms with van der Waals surface area (Å²) in [5.41, 5.74) is 0.784. The zero-order valence-electron chi connectivity index (χ0n) is 17.6. The van der Waals surface area contributed by atoms with Crippen molar-refractivity contribution in [2.24, 2.45) is 10.9 Å². The molecule has 1 aromatic heterocycles. The monoisotopic (exact) mass is 457 g/mol. The number of aromatic nitrogens is 1. The van der Waals surface area contributed by atoms with Crippen LogP contribution in [-0.2, 0) is 26.1 Å². The Kier molecular flexibility index (Phi) is 7.17. The number of methoxy groups -OCH3 is 3. The van der Waals surface area contributed by atoms with Gasteiger partial charge in [-0.1, -0.05) is 11.3 Å². The molecule has 0 N–H and O–H groups in total. The number of rotatable bonds is 7. The predicted molar refractivity (Wildman–Crippen MR) is 115 cm³/mol. The van der Waals surface area contributed by atoms with E-state index in [2.05, 4.69) is 4.99 Å². The third-order valence-corrected chi connectivity index (χ3v) is 7.48. The van der Waals surface area contributed by atoms with Crippen LogP contribution in [0, 0.1) is 5.92 Å². The molecule has 3 rings (SSSR count). The zero-order chi connectivity index (χ0) is 21.9. The third-order valence-electron chi connectivity index (χ3n) is 5.12. The lowest BCUT2D eigenvalue weighted by molar-refractivity contribution is -0.122. The molecule has 0 spiro atoms. The molecule has 1 saturated heterocycles. The van der Waals surface area contributed by atoms with E-state index in [1.807, 2.05) is 16.7 Å². The van der Waals surface area contributed by atoms with Crippen LogP contribution < -0.4 is 14.3 Å². The molecule has 1 aromatic carbocycles. The number of benzene rings is 1. The molecule has 1 aliphatic heterocycles. The van der Waals surface area contributed by atoms with Gasteiger partial charge in [0.05, 0.1) is 33.0 Å². The minimum absolute atomic E-state index is 0.163. The van der Waals surface area contributed by atoms with Gasteiger partial charge in [0.1, 0.15) is 21.7 Å². The maximum atomic E-state index is 13.0. The number of fused-ring (bicyclic) bond motifs is 1. The maximum absolute atomic E-state index is 13.0. The van der Waals surface area contributed by atoms with E-state index in [-0.39, 0.29) is 12.5 Å². The summed E-state index contributed by atoms with van der Waals surface area (Å²) < 4.78 is 44.1. The number of ether oxygens (including phenoxy) is 3. The highest BCUT2D eigenvalue weighted by Crippen LogP contribution is 2.35. The lowest BCUT2D eigenvalue weighted by atomic mass is 9.99. The third kappa shape index (κ3) is 4.69. The number of amides is 1. The highest BCUT2D eigenvalue weighted by Gasteiger charge is 2.30. The van der Waals surface area contributed by atoms with Crippen molar-refractivity contribution in [2.75, 3.05) is 47.3 Å². The molecule has 1 fully saturated rings. The van der Waals surface area contributed by atoms with Crippen molar-refractivity contribution in [1.29, 1.82) is 0 Å². The van der Waals surface area contributed by atoms with Crippen LogP contribution in [0.2, 0.25) is 0 Å². The highest BCUT2D eigenvalue weighted by molar-refractivity contribution is 7.88. The van der Waals surface area contributed by atoms with Crippen LogP contribution in [0.1, 0.15) is 12.8 Å². The van der Waals surface area contributed by atoms with Crippen molar-refractivity contribution >= 4 is 37.5 Å². The van der Waals surface area contributed by atoms with E-state index in [0.29, 0.717) is 48.8 Å². The molecule has 2 heterocycles. The lowest BCUT2D eigenvalue weighted by Gasteiger charge is -2.28. The normalized spacial score (nSPS) is 18.7. The molecule has 0 aliphatic carbocycles. The number of hydrogen-bond donors (Lipinski definition) is 0. The number of sulfonamides is 1. The average Bonchev–Trinajstić information content (AvgIpc) is 3.09. The maximum Gasteiger partial charge on any atom is 0.252 e. The van der Waals surface area contributed by atoms with Crippen molar-refractivity contribution in [3.63, 3.8) is 0 Å². The van der Waals surface area contributed by atoms with E-state index in [1.165, 1.54) is 21.9 Å². The van der Waals surface area contributed by atoms with E-state index in [0.717, 1.165) is 10.2 Å². The summed E-state index contributed by atoms with van der Waals surface area (Å²) in [4.78, 5) is 17.9. The molecule has 0 saturated carbocycles. The summed E-state index contributed by atoms with van der Waals surface area (Å²) in [5.74, 6) is 0.530. The van der Waals surface area contributed by atoms with Crippen LogP contribution in [0.15, 0.2) is 17.1 Å². The van der Waals surface area contributed by atoms with Crippen molar-refractivity contribution in [3.8, 4) is 11.5 Å². The minimum Gasteiger partial charge on any atom is -0.495 e. The number of nitrogens with zero attached hydrogens (tertiary/aromatic N) is 3. The van der Waals surface area contributed by atoms with E-state index in [1.54, 1.807) is 21.3 Å². The second-order valence-electron chi connectivity index (χ2n) is 7.09. The smallest absolute Gasteiger partial charge is 0.252 e. The van der Waals surface area contributed by atoms with Crippen LogP contribution >= 0.6 is 11.3 Å². The number of piperidine rings is 1. The molecule has 1 amide bonds. The first kappa shape index (κ1) is 22.7. The molecule has 30 heavy (non-hydrogen) atoms. The Morgan fingerprint density at radius 1 is 1.23 bits per heavy atom. The van der Waals surface area contributed by atoms with Crippen molar-refractivity contribution < 1.29 is 27.4 Å². The van der Waals surface area contributed by atoms with Gasteiger partial charge in [0.2, 0.25) is 10.0 Å². The van der Waals surface area contributed by atoms with Gasteiger partial charge in [-0.2, -0.15) is 4.99 Å². The molecular weight excluding hydrogens is 430 g/mol. The van der Waals surface area contributed by atoms with Crippen LogP contribution in [0.4, 0.5) is 0 Å². The first-order valence-electron chi connectivity index (χ1n) is 9.57. The molecule has 0 bridgehead atoms. The Balaban J connectivity index is 2.07. The van der Waals surface area contributed by atoms with Crippen molar-refractivity contribution in [3.05, 3.63) is 16.9 Å². The average molecular weight is 458 g/mol. The Labute approximate surface area is 179 Å². The second-order valence-corrected chi connectivity index (χ2v) is 10.0. The van der Waals surface area contributed by atoms with Crippen LogP contribution in [0.5, 0.6) is 11.5 Å². The topological polar surface area (TPSA) is 99.4 Å². The highest BCUT2D eigenvalue weighted by atomic mass is 32.2. The Morgan fingerprint density at radius 2 is 1.93 bits per heavy atom. The Morgan fingerprint density at radius 3 is 2.57 bits per heavy atom. The van der Waals surface area contributed by atoms with Crippen LogP contribution in [-0.4, -0.2) is 70.5 Å². The van der Waals surface area contributed by atoms with Gasteiger partial charge in [0, 0.05) is 26.7 Å². The van der Waals surface area contributed by atoms with Crippen LogP contribution in [0.25, 0.3) is 10.2 Å². The minimum atomic E-state index is -3.34. The van der Waals surface area contributed by atoms with Crippen molar-refractivity contribution in [2.45, 2.75) is 19.4 Å². The molecule has 166 valence electrons. The van der Waals surface area contributed by atoms with Gasteiger partial charge in [-0.25, -0.2) is 12.7 Å². The summed E-state index contributed by atoms with van der Waals surface area (Å²) in [6.45, 7) is 1.51. The largest absolute Gasteiger partial charge is 0.495 e. The van der Waals surface area contributed by atoms with E-state index >= 15 is 0 Å². The van der Waals surface area contributed by atoms with Gasteiger partial charge >= 0.3 is 0 Å². The number of thiazole rings is 1.